The van der Waals surface area contributed by atoms with Gasteiger partial charge >= 0.3 is 0 Å². The van der Waals surface area contributed by atoms with Crippen LogP contribution in [0.15, 0.2) is 18.5 Å². The molecule has 7 heteroatoms. The molecule has 2 fully saturated rings. The van der Waals surface area contributed by atoms with Gasteiger partial charge in [0.15, 0.2) is 0 Å². The number of morpholine rings is 1. The molecule has 0 aliphatic carbocycles. The minimum atomic E-state index is -0.0803. The minimum Gasteiger partial charge on any atom is -0.373 e. The summed E-state index contributed by atoms with van der Waals surface area (Å²) in [5, 5.41) is 0. The molecule has 0 radical (unpaired) electrons. The van der Waals surface area contributed by atoms with Crippen molar-refractivity contribution >= 4 is 11.9 Å². The maximum atomic E-state index is 13.3. The molecule has 2 saturated heterocycles. The van der Waals surface area contributed by atoms with Crippen molar-refractivity contribution in [2.45, 2.75) is 45.9 Å². The van der Waals surface area contributed by atoms with E-state index in [0.717, 1.165) is 45.2 Å². The number of amides is 1. The molecule has 7 nitrogen and oxygen atoms in total. The lowest BCUT2D eigenvalue weighted by molar-refractivity contribution is -0.145. The van der Waals surface area contributed by atoms with Gasteiger partial charge in [0.2, 0.25) is 11.9 Å². The summed E-state index contributed by atoms with van der Waals surface area (Å²) in [6, 6.07) is 1.74. The predicted molar refractivity (Wildman–Crippen MR) is 101 cm³/mol. The van der Waals surface area contributed by atoms with Crippen LogP contribution >= 0.6 is 0 Å². The number of nitrogens with zero attached hydrogens (tertiary/aromatic N) is 5. The molecule has 0 unspecified atom stereocenters. The van der Waals surface area contributed by atoms with Gasteiger partial charge in [0.05, 0.1) is 18.2 Å². The lowest BCUT2D eigenvalue weighted by Crippen LogP contribution is -2.60. The molecule has 1 aromatic rings. The Morgan fingerprint density at radius 1 is 1.08 bits per heavy atom. The Morgan fingerprint density at radius 3 is 2.19 bits per heavy atom. The van der Waals surface area contributed by atoms with E-state index < -0.39 is 0 Å². The van der Waals surface area contributed by atoms with Crippen molar-refractivity contribution in [3.63, 3.8) is 0 Å². The number of ether oxygens (including phenoxy) is 1. The topological polar surface area (TPSA) is 61.8 Å². The Bertz CT molecular complexity index is 579. The average Bonchev–Trinajstić information content (AvgIpc) is 2.61. The minimum absolute atomic E-state index is 0.0803. The first-order chi connectivity index (χ1) is 12.5. The van der Waals surface area contributed by atoms with Crippen LogP contribution in [0.3, 0.4) is 0 Å². The summed E-state index contributed by atoms with van der Waals surface area (Å²) in [4.78, 5) is 28.4. The van der Waals surface area contributed by atoms with Gasteiger partial charge in [-0.1, -0.05) is 13.8 Å². The molecule has 3 atom stereocenters. The smallest absolute Gasteiger partial charge is 0.240 e. The summed E-state index contributed by atoms with van der Waals surface area (Å²) in [6.07, 6.45) is 3.85. The number of carbonyl (C=O) groups is 1. The van der Waals surface area contributed by atoms with E-state index in [0.29, 0.717) is 0 Å². The molecule has 1 aromatic heterocycles. The van der Waals surface area contributed by atoms with E-state index in [-0.39, 0.29) is 30.1 Å². The van der Waals surface area contributed by atoms with E-state index in [9.17, 15) is 4.79 Å². The van der Waals surface area contributed by atoms with Gasteiger partial charge < -0.3 is 14.5 Å². The van der Waals surface area contributed by atoms with Crippen LogP contribution in [0, 0.1) is 5.92 Å². The van der Waals surface area contributed by atoms with Crippen LogP contribution in [-0.2, 0) is 9.53 Å². The van der Waals surface area contributed by atoms with E-state index in [4.69, 9.17) is 4.74 Å². The number of carbonyl (C=O) groups excluding carboxylic acids is 1. The van der Waals surface area contributed by atoms with E-state index in [1.165, 1.54) is 0 Å². The average molecular weight is 361 g/mol. The SMILES string of the molecule is CC(C)[C@@H](C(=O)N1CCN(c2ncccn2)CC1)N1C[C@@H](C)O[C@@H](C)C1. The van der Waals surface area contributed by atoms with E-state index in [1.807, 2.05) is 11.0 Å². The third-order valence-electron chi connectivity index (χ3n) is 5.15. The summed E-state index contributed by atoms with van der Waals surface area (Å²) in [5.41, 5.74) is 0. The summed E-state index contributed by atoms with van der Waals surface area (Å²) in [7, 11) is 0. The number of anilines is 1. The molecular formula is C19H31N5O2. The second-order valence-corrected chi connectivity index (χ2v) is 7.76. The monoisotopic (exact) mass is 361 g/mol. The number of hydrogen-bond donors (Lipinski definition) is 0. The molecule has 0 aromatic carbocycles. The van der Waals surface area contributed by atoms with Gasteiger partial charge in [-0.25, -0.2) is 9.97 Å². The van der Waals surface area contributed by atoms with Crippen LogP contribution in [0.25, 0.3) is 0 Å². The zero-order chi connectivity index (χ0) is 18.7. The second-order valence-electron chi connectivity index (χ2n) is 7.76. The largest absolute Gasteiger partial charge is 0.373 e. The van der Waals surface area contributed by atoms with Crippen LogP contribution in [0.1, 0.15) is 27.7 Å². The lowest BCUT2D eigenvalue weighted by atomic mass is 9.98. The molecule has 3 heterocycles. The van der Waals surface area contributed by atoms with Gasteiger partial charge in [-0.2, -0.15) is 0 Å². The highest BCUT2D eigenvalue weighted by atomic mass is 16.5. The van der Waals surface area contributed by atoms with Gasteiger partial charge in [-0.05, 0) is 25.8 Å². The molecule has 26 heavy (non-hydrogen) atoms. The van der Waals surface area contributed by atoms with Crippen LogP contribution in [0.5, 0.6) is 0 Å². The van der Waals surface area contributed by atoms with Crippen molar-refractivity contribution in [2.75, 3.05) is 44.2 Å². The maximum absolute atomic E-state index is 13.3. The van der Waals surface area contributed by atoms with E-state index in [2.05, 4.69) is 47.5 Å². The first-order valence-electron chi connectivity index (χ1n) is 9.66. The first-order valence-corrected chi connectivity index (χ1v) is 9.66. The van der Waals surface area contributed by atoms with Gasteiger partial charge in [0.1, 0.15) is 0 Å². The van der Waals surface area contributed by atoms with Crippen molar-refractivity contribution in [1.82, 2.24) is 19.8 Å². The Balaban J connectivity index is 1.63. The zero-order valence-corrected chi connectivity index (χ0v) is 16.3. The Morgan fingerprint density at radius 2 is 1.65 bits per heavy atom. The van der Waals surface area contributed by atoms with E-state index >= 15 is 0 Å². The molecule has 0 bridgehead atoms. The summed E-state index contributed by atoms with van der Waals surface area (Å²) < 4.78 is 5.85. The fourth-order valence-electron chi connectivity index (χ4n) is 4.08. The van der Waals surface area contributed by atoms with Crippen LogP contribution in [-0.4, -0.2) is 83.2 Å². The Labute approximate surface area is 156 Å². The van der Waals surface area contributed by atoms with Crippen molar-refractivity contribution in [3.05, 3.63) is 18.5 Å². The molecule has 2 aliphatic heterocycles. The highest BCUT2D eigenvalue weighted by Gasteiger charge is 2.37. The van der Waals surface area contributed by atoms with Crippen molar-refractivity contribution in [2.24, 2.45) is 5.92 Å². The molecule has 1 amide bonds. The fraction of sp³-hybridized carbons (Fsp3) is 0.737. The van der Waals surface area contributed by atoms with Gasteiger partial charge in [0.25, 0.3) is 0 Å². The second kappa shape index (κ2) is 8.31. The Hall–Kier alpha value is -1.73. The predicted octanol–water partition coefficient (Wildman–Crippen LogP) is 1.26. The van der Waals surface area contributed by atoms with Gasteiger partial charge in [0, 0.05) is 51.7 Å². The van der Waals surface area contributed by atoms with Crippen LogP contribution < -0.4 is 4.90 Å². The molecule has 2 aliphatic rings. The third kappa shape index (κ3) is 4.32. The number of rotatable bonds is 4. The maximum Gasteiger partial charge on any atom is 0.240 e. The highest BCUT2D eigenvalue weighted by molar-refractivity contribution is 5.82. The Kier molecular flexibility index (Phi) is 6.09. The van der Waals surface area contributed by atoms with Crippen LogP contribution in [0.4, 0.5) is 5.95 Å². The molecular weight excluding hydrogens is 330 g/mol. The van der Waals surface area contributed by atoms with E-state index in [1.54, 1.807) is 12.4 Å². The zero-order valence-electron chi connectivity index (χ0n) is 16.3. The van der Waals surface area contributed by atoms with Gasteiger partial charge in [-0.3, -0.25) is 9.69 Å². The quantitative estimate of drug-likeness (QED) is 0.805. The fourth-order valence-corrected chi connectivity index (χ4v) is 4.08. The number of piperazine rings is 1. The standard InChI is InChI=1S/C19H31N5O2/c1-14(2)17(24-12-15(3)26-16(4)13-24)18(25)22-8-10-23(11-9-22)19-20-6-5-7-21-19/h5-7,14-17H,8-13H2,1-4H3/t15-,16+,17-/m0/s1. The lowest BCUT2D eigenvalue weighted by Gasteiger charge is -2.44. The van der Waals surface area contributed by atoms with Crippen LogP contribution in [0.2, 0.25) is 0 Å². The first kappa shape index (κ1) is 19.0. The molecule has 3 rings (SSSR count). The van der Waals surface area contributed by atoms with Gasteiger partial charge in [-0.15, -0.1) is 0 Å². The molecule has 0 saturated carbocycles. The van der Waals surface area contributed by atoms with Crippen molar-refractivity contribution in [1.29, 1.82) is 0 Å². The summed E-state index contributed by atoms with van der Waals surface area (Å²) in [6.45, 7) is 13.1. The van der Waals surface area contributed by atoms with Crippen molar-refractivity contribution < 1.29 is 9.53 Å². The number of hydrogen-bond acceptors (Lipinski definition) is 6. The van der Waals surface area contributed by atoms with Crippen molar-refractivity contribution in [3.8, 4) is 0 Å². The normalized spacial score (nSPS) is 26.2. The summed E-state index contributed by atoms with van der Waals surface area (Å²) in [5.74, 6) is 1.27. The molecule has 0 N–H and O–H groups in total. The third-order valence-corrected chi connectivity index (χ3v) is 5.15. The summed E-state index contributed by atoms with van der Waals surface area (Å²) >= 11 is 0. The molecule has 0 spiro atoms. The number of aromatic nitrogens is 2. The molecule has 144 valence electrons. The highest BCUT2D eigenvalue weighted by Crippen LogP contribution is 2.21.